The van der Waals surface area contributed by atoms with Gasteiger partial charge in [0.15, 0.2) is 0 Å². The second kappa shape index (κ2) is 6.36. The monoisotopic (exact) mass is 227 g/mol. The topological polar surface area (TPSA) is 29.5 Å². The highest BCUT2D eigenvalue weighted by Crippen LogP contribution is 2.27. The highest BCUT2D eigenvalue weighted by molar-refractivity contribution is 5.60. The van der Waals surface area contributed by atoms with Crippen LogP contribution in [0.15, 0.2) is 0 Å². The predicted octanol–water partition coefficient (Wildman–Crippen LogP) is 1.96. The molecule has 1 aliphatic heterocycles. The van der Waals surface area contributed by atoms with Crippen LogP contribution in [0.3, 0.4) is 0 Å². The van der Waals surface area contributed by atoms with E-state index in [9.17, 15) is 4.79 Å². The molecule has 0 N–H and O–H groups in total. The Morgan fingerprint density at radius 1 is 1.50 bits per heavy atom. The van der Waals surface area contributed by atoms with Gasteiger partial charge in [0.2, 0.25) is 0 Å². The van der Waals surface area contributed by atoms with Gasteiger partial charge in [-0.05, 0) is 18.9 Å². The van der Waals surface area contributed by atoms with E-state index in [1.807, 2.05) is 0 Å². The molecule has 1 fully saturated rings. The number of hydrogen-bond acceptors (Lipinski definition) is 3. The van der Waals surface area contributed by atoms with Crippen LogP contribution in [0, 0.1) is 11.3 Å². The standard InChI is InChI=1S/C13H25NO2/c1-4-12(3)8-14(5-2)9-13(10-15)6-7-16-11-13/h10,12H,4-9,11H2,1-3H3. The van der Waals surface area contributed by atoms with Gasteiger partial charge in [0.1, 0.15) is 6.29 Å². The fourth-order valence-electron chi connectivity index (χ4n) is 2.20. The fourth-order valence-corrected chi connectivity index (χ4v) is 2.20. The lowest BCUT2D eigenvalue weighted by Crippen LogP contribution is -2.41. The summed E-state index contributed by atoms with van der Waals surface area (Å²) in [5, 5.41) is 0. The summed E-state index contributed by atoms with van der Waals surface area (Å²) >= 11 is 0. The van der Waals surface area contributed by atoms with Gasteiger partial charge in [0.25, 0.3) is 0 Å². The van der Waals surface area contributed by atoms with Crippen LogP contribution < -0.4 is 0 Å². The average molecular weight is 227 g/mol. The molecular formula is C13H25NO2. The smallest absolute Gasteiger partial charge is 0.129 e. The zero-order valence-corrected chi connectivity index (χ0v) is 10.9. The molecule has 16 heavy (non-hydrogen) atoms. The van der Waals surface area contributed by atoms with Crippen LogP contribution in [0.1, 0.15) is 33.6 Å². The molecule has 1 heterocycles. The number of carbonyl (C=O) groups excluding carboxylic acids is 1. The van der Waals surface area contributed by atoms with Gasteiger partial charge in [-0.25, -0.2) is 0 Å². The first kappa shape index (κ1) is 13.7. The first-order chi connectivity index (χ1) is 7.65. The maximum atomic E-state index is 11.2. The predicted molar refractivity (Wildman–Crippen MR) is 65.5 cm³/mol. The number of rotatable bonds is 7. The number of carbonyl (C=O) groups is 1. The molecule has 0 aromatic rings. The molecular weight excluding hydrogens is 202 g/mol. The van der Waals surface area contributed by atoms with Crippen molar-refractivity contribution >= 4 is 6.29 Å². The minimum absolute atomic E-state index is 0.233. The Bertz CT molecular complexity index is 212. The van der Waals surface area contributed by atoms with Gasteiger partial charge in [-0.15, -0.1) is 0 Å². The van der Waals surface area contributed by atoms with Crippen LogP contribution in [0.25, 0.3) is 0 Å². The number of ether oxygens (including phenoxy) is 1. The summed E-state index contributed by atoms with van der Waals surface area (Å²) < 4.78 is 5.37. The minimum atomic E-state index is -0.233. The molecule has 2 atom stereocenters. The SMILES string of the molecule is CCC(C)CN(CC)CC1(C=O)CCOC1. The molecule has 3 heteroatoms. The second-order valence-electron chi connectivity index (χ2n) is 5.12. The molecule has 0 radical (unpaired) electrons. The lowest BCUT2D eigenvalue weighted by atomic mass is 9.88. The summed E-state index contributed by atoms with van der Waals surface area (Å²) in [6, 6.07) is 0. The number of aldehydes is 1. The van der Waals surface area contributed by atoms with Crippen molar-refractivity contribution < 1.29 is 9.53 Å². The van der Waals surface area contributed by atoms with Crippen molar-refractivity contribution in [1.82, 2.24) is 4.90 Å². The van der Waals surface area contributed by atoms with Gasteiger partial charge >= 0.3 is 0 Å². The van der Waals surface area contributed by atoms with Crippen molar-refractivity contribution in [1.29, 1.82) is 0 Å². The van der Waals surface area contributed by atoms with Crippen molar-refractivity contribution in [3.63, 3.8) is 0 Å². The summed E-state index contributed by atoms with van der Waals surface area (Å²) in [6.07, 6.45) is 3.19. The van der Waals surface area contributed by atoms with Gasteiger partial charge in [-0.3, -0.25) is 0 Å². The zero-order chi connectivity index (χ0) is 12.0. The molecule has 1 rings (SSSR count). The van der Waals surface area contributed by atoms with E-state index < -0.39 is 0 Å². The van der Waals surface area contributed by atoms with Crippen molar-refractivity contribution in [3.8, 4) is 0 Å². The average Bonchev–Trinajstić information content (AvgIpc) is 2.77. The Morgan fingerprint density at radius 2 is 2.25 bits per heavy atom. The van der Waals surface area contributed by atoms with Gasteiger partial charge in [0, 0.05) is 19.7 Å². The molecule has 94 valence electrons. The molecule has 0 bridgehead atoms. The number of hydrogen-bond donors (Lipinski definition) is 0. The van der Waals surface area contributed by atoms with Crippen LogP contribution >= 0.6 is 0 Å². The highest BCUT2D eigenvalue weighted by Gasteiger charge is 2.36. The maximum absolute atomic E-state index is 11.2. The van der Waals surface area contributed by atoms with Gasteiger partial charge < -0.3 is 14.4 Å². The molecule has 3 nitrogen and oxygen atoms in total. The first-order valence-corrected chi connectivity index (χ1v) is 6.42. The third-order valence-electron chi connectivity index (χ3n) is 3.64. The molecule has 0 aliphatic carbocycles. The fraction of sp³-hybridized carbons (Fsp3) is 0.923. The van der Waals surface area contributed by atoms with Crippen LogP contribution in [-0.2, 0) is 9.53 Å². The lowest BCUT2D eigenvalue weighted by molar-refractivity contribution is -0.117. The largest absolute Gasteiger partial charge is 0.380 e. The van der Waals surface area contributed by atoms with Gasteiger partial charge in [0.05, 0.1) is 12.0 Å². The minimum Gasteiger partial charge on any atom is -0.380 e. The highest BCUT2D eigenvalue weighted by atomic mass is 16.5. The Hall–Kier alpha value is -0.410. The molecule has 2 unspecified atom stereocenters. The van der Waals surface area contributed by atoms with E-state index in [2.05, 4.69) is 25.7 Å². The van der Waals surface area contributed by atoms with E-state index in [0.29, 0.717) is 12.5 Å². The molecule has 1 saturated heterocycles. The molecule has 0 spiro atoms. The third kappa shape index (κ3) is 3.56. The van der Waals surface area contributed by atoms with E-state index in [-0.39, 0.29) is 5.41 Å². The summed E-state index contributed by atoms with van der Waals surface area (Å²) in [4.78, 5) is 13.6. The van der Waals surface area contributed by atoms with Crippen molar-refractivity contribution in [2.45, 2.75) is 33.6 Å². The van der Waals surface area contributed by atoms with E-state index in [1.165, 1.54) is 6.42 Å². The van der Waals surface area contributed by atoms with Crippen LogP contribution in [-0.4, -0.2) is 44.0 Å². The third-order valence-corrected chi connectivity index (χ3v) is 3.64. The van der Waals surface area contributed by atoms with Crippen molar-refractivity contribution in [3.05, 3.63) is 0 Å². The Balaban J connectivity index is 2.50. The quantitative estimate of drug-likeness (QED) is 0.623. The summed E-state index contributed by atoms with van der Waals surface area (Å²) in [5.74, 6) is 0.700. The first-order valence-electron chi connectivity index (χ1n) is 6.42. The van der Waals surface area contributed by atoms with E-state index in [0.717, 1.165) is 38.9 Å². The van der Waals surface area contributed by atoms with Crippen molar-refractivity contribution in [2.24, 2.45) is 11.3 Å². The van der Waals surface area contributed by atoms with E-state index in [1.54, 1.807) is 0 Å². The lowest BCUT2D eigenvalue weighted by Gasteiger charge is -2.31. The normalized spacial score (nSPS) is 27.2. The van der Waals surface area contributed by atoms with Crippen LogP contribution in [0.5, 0.6) is 0 Å². The van der Waals surface area contributed by atoms with Crippen LogP contribution in [0.4, 0.5) is 0 Å². The molecule has 0 saturated carbocycles. The van der Waals surface area contributed by atoms with E-state index in [4.69, 9.17) is 4.74 Å². The Labute approximate surface area is 99.1 Å². The molecule has 0 amide bonds. The second-order valence-corrected chi connectivity index (χ2v) is 5.12. The summed E-state index contributed by atoms with van der Waals surface area (Å²) in [6.45, 7) is 10.9. The van der Waals surface area contributed by atoms with Gasteiger partial charge in [-0.1, -0.05) is 27.2 Å². The summed E-state index contributed by atoms with van der Waals surface area (Å²) in [5.41, 5.74) is -0.233. The summed E-state index contributed by atoms with van der Waals surface area (Å²) in [7, 11) is 0. The maximum Gasteiger partial charge on any atom is 0.129 e. The number of nitrogens with zero attached hydrogens (tertiary/aromatic N) is 1. The molecule has 1 aliphatic rings. The van der Waals surface area contributed by atoms with Crippen molar-refractivity contribution in [2.75, 3.05) is 32.8 Å². The molecule has 0 aromatic carbocycles. The van der Waals surface area contributed by atoms with E-state index >= 15 is 0 Å². The zero-order valence-electron chi connectivity index (χ0n) is 10.9. The Morgan fingerprint density at radius 3 is 2.69 bits per heavy atom. The van der Waals surface area contributed by atoms with Crippen LogP contribution in [0.2, 0.25) is 0 Å². The Kier molecular flexibility index (Phi) is 5.42. The molecule has 0 aromatic heterocycles. The van der Waals surface area contributed by atoms with Gasteiger partial charge in [-0.2, -0.15) is 0 Å².